The fourth-order valence-corrected chi connectivity index (χ4v) is 5.22. The molecule has 1 aliphatic heterocycles. The third kappa shape index (κ3) is 5.65. The Hall–Kier alpha value is -3.57. The van der Waals surface area contributed by atoms with Crippen molar-refractivity contribution in [2.45, 2.75) is 51.2 Å². The summed E-state index contributed by atoms with van der Waals surface area (Å²) >= 11 is 0. The molecule has 0 saturated carbocycles. The van der Waals surface area contributed by atoms with Crippen LogP contribution >= 0.6 is 0 Å². The number of ether oxygens (including phenoxy) is 4. The van der Waals surface area contributed by atoms with Gasteiger partial charge in [-0.25, -0.2) is 9.37 Å². The number of halogens is 5. The molecule has 4 rings (SSSR count). The first-order valence-electron chi connectivity index (χ1n) is 12.8. The maximum Gasteiger partial charge on any atom is 0.417 e. The third-order valence-corrected chi connectivity index (χ3v) is 7.53. The lowest BCUT2D eigenvalue weighted by Gasteiger charge is -2.32. The molecule has 3 aromatic rings. The first kappa shape index (κ1) is 30.4. The molecular formula is C30H31F5N2O4. The highest BCUT2D eigenvalue weighted by Crippen LogP contribution is 2.59. The van der Waals surface area contributed by atoms with Crippen molar-refractivity contribution in [1.82, 2.24) is 9.97 Å². The molecule has 1 saturated heterocycles. The SMILES string of the molecule is C=C(COC)c1c(C)nc([C@@H]2O[C@@](C)(C(F)(F)F)[C@@H](C)[C@H]2c2ccc(F)c(F)c2OC)nc1OCc1ccccc1. The summed E-state index contributed by atoms with van der Waals surface area (Å²) in [5.74, 6) is -5.50. The van der Waals surface area contributed by atoms with E-state index < -0.39 is 47.1 Å². The van der Waals surface area contributed by atoms with Gasteiger partial charge in [0.1, 0.15) is 12.7 Å². The normalized spacial score (nSPS) is 22.5. The van der Waals surface area contributed by atoms with Crippen molar-refractivity contribution in [3.8, 4) is 11.6 Å². The molecule has 0 bridgehead atoms. The first-order chi connectivity index (χ1) is 19.3. The molecule has 41 heavy (non-hydrogen) atoms. The summed E-state index contributed by atoms with van der Waals surface area (Å²) in [6.45, 7) is 8.17. The highest BCUT2D eigenvalue weighted by Gasteiger charge is 2.65. The van der Waals surface area contributed by atoms with Crippen LogP contribution in [0.15, 0.2) is 49.0 Å². The zero-order chi connectivity index (χ0) is 30.1. The summed E-state index contributed by atoms with van der Waals surface area (Å²) in [5.41, 5.74) is -0.532. The Kier molecular flexibility index (Phi) is 8.70. The van der Waals surface area contributed by atoms with Gasteiger partial charge in [0.25, 0.3) is 0 Å². The highest BCUT2D eigenvalue weighted by molar-refractivity contribution is 5.69. The zero-order valence-corrected chi connectivity index (χ0v) is 23.3. The molecule has 0 aliphatic carbocycles. The summed E-state index contributed by atoms with van der Waals surface area (Å²) in [6.07, 6.45) is -6.22. The molecule has 220 valence electrons. The molecule has 2 aromatic carbocycles. The second kappa shape index (κ2) is 11.7. The van der Waals surface area contributed by atoms with Gasteiger partial charge in [0, 0.05) is 24.5 Å². The van der Waals surface area contributed by atoms with Gasteiger partial charge in [0.05, 0.1) is 25.0 Å². The molecule has 2 heterocycles. The molecule has 0 amide bonds. The summed E-state index contributed by atoms with van der Waals surface area (Å²) in [5, 5.41) is 0. The Balaban J connectivity index is 1.89. The Labute approximate surface area is 235 Å². The largest absolute Gasteiger partial charge is 0.493 e. The van der Waals surface area contributed by atoms with Crippen LogP contribution in [0.3, 0.4) is 0 Å². The van der Waals surface area contributed by atoms with E-state index in [-0.39, 0.29) is 30.5 Å². The molecular weight excluding hydrogens is 547 g/mol. The van der Waals surface area contributed by atoms with Gasteiger partial charge >= 0.3 is 6.18 Å². The number of alkyl halides is 3. The molecule has 4 atom stereocenters. The lowest BCUT2D eigenvalue weighted by atomic mass is 9.77. The highest BCUT2D eigenvalue weighted by atomic mass is 19.4. The van der Waals surface area contributed by atoms with Crippen LogP contribution in [0, 0.1) is 24.5 Å². The van der Waals surface area contributed by atoms with Gasteiger partial charge in [-0.05, 0) is 31.1 Å². The van der Waals surface area contributed by atoms with Crippen LogP contribution in [-0.4, -0.2) is 42.6 Å². The van der Waals surface area contributed by atoms with Gasteiger partial charge in [-0.1, -0.05) is 49.9 Å². The quantitative estimate of drug-likeness (QED) is 0.252. The van der Waals surface area contributed by atoms with Crippen molar-refractivity contribution >= 4 is 5.57 Å². The van der Waals surface area contributed by atoms with Gasteiger partial charge < -0.3 is 18.9 Å². The third-order valence-electron chi connectivity index (χ3n) is 7.53. The fourth-order valence-electron chi connectivity index (χ4n) is 5.22. The molecule has 1 fully saturated rings. The topological polar surface area (TPSA) is 62.7 Å². The minimum atomic E-state index is -4.81. The van der Waals surface area contributed by atoms with E-state index in [2.05, 4.69) is 16.5 Å². The van der Waals surface area contributed by atoms with Crippen molar-refractivity contribution < 1.29 is 40.9 Å². The van der Waals surface area contributed by atoms with Crippen LogP contribution in [-0.2, 0) is 16.1 Å². The minimum absolute atomic E-state index is 0.00208. The fraction of sp³-hybridized carbons (Fsp3) is 0.400. The predicted molar refractivity (Wildman–Crippen MR) is 142 cm³/mol. The number of benzene rings is 2. The molecule has 0 unspecified atom stereocenters. The average Bonchev–Trinajstić information content (AvgIpc) is 3.20. The van der Waals surface area contributed by atoms with Crippen LogP contribution in [0.5, 0.6) is 11.6 Å². The summed E-state index contributed by atoms with van der Waals surface area (Å²) < 4.78 is 94.3. The molecule has 1 aliphatic rings. The monoisotopic (exact) mass is 578 g/mol. The molecule has 1 aromatic heterocycles. The van der Waals surface area contributed by atoms with Crippen molar-refractivity contribution in [1.29, 1.82) is 0 Å². The van der Waals surface area contributed by atoms with Gasteiger partial charge in [0.2, 0.25) is 11.7 Å². The van der Waals surface area contributed by atoms with E-state index >= 15 is 0 Å². The maximum absolute atomic E-state index is 14.8. The van der Waals surface area contributed by atoms with Crippen LogP contribution in [0.2, 0.25) is 0 Å². The van der Waals surface area contributed by atoms with E-state index in [1.165, 1.54) is 20.1 Å². The number of aromatic nitrogens is 2. The Morgan fingerprint density at radius 2 is 1.76 bits per heavy atom. The van der Waals surface area contributed by atoms with Crippen LogP contribution in [0.4, 0.5) is 22.0 Å². The van der Waals surface area contributed by atoms with Crippen LogP contribution in [0.1, 0.15) is 54.1 Å². The number of hydrogen-bond donors (Lipinski definition) is 0. The lowest BCUT2D eigenvalue weighted by Crippen LogP contribution is -2.46. The van der Waals surface area contributed by atoms with E-state index in [9.17, 15) is 22.0 Å². The summed E-state index contributed by atoms with van der Waals surface area (Å²) in [7, 11) is 2.61. The smallest absolute Gasteiger partial charge is 0.417 e. The maximum atomic E-state index is 14.8. The summed E-state index contributed by atoms with van der Waals surface area (Å²) in [4.78, 5) is 9.06. The Morgan fingerprint density at radius 3 is 2.37 bits per heavy atom. The molecule has 11 heteroatoms. The average molecular weight is 579 g/mol. The van der Waals surface area contributed by atoms with Crippen molar-refractivity contribution in [2.24, 2.45) is 5.92 Å². The second-order valence-electron chi connectivity index (χ2n) is 10.1. The van der Waals surface area contributed by atoms with Crippen molar-refractivity contribution in [2.75, 3.05) is 20.8 Å². The van der Waals surface area contributed by atoms with Gasteiger partial charge in [-0.3, -0.25) is 0 Å². The Morgan fingerprint density at radius 1 is 1.07 bits per heavy atom. The number of methoxy groups -OCH3 is 2. The van der Waals surface area contributed by atoms with Gasteiger partial charge in [-0.15, -0.1) is 0 Å². The minimum Gasteiger partial charge on any atom is -0.493 e. The molecule has 0 radical (unpaired) electrons. The van der Waals surface area contributed by atoms with Crippen LogP contribution < -0.4 is 9.47 Å². The van der Waals surface area contributed by atoms with E-state index in [1.54, 1.807) is 6.92 Å². The summed E-state index contributed by atoms with van der Waals surface area (Å²) in [6, 6.07) is 11.3. The van der Waals surface area contributed by atoms with E-state index in [4.69, 9.17) is 18.9 Å². The number of nitrogens with zero attached hydrogens (tertiary/aromatic N) is 2. The van der Waals surface area contributed by atoms with E-state index in [1.807, 2.05) is 30.3 Å². The Bertz CT molecular complexity index is 1420. The van der Waals surface area contributed by atoms with Crippen LogP contribution in [0.25, 0.3) is 5.57 Å². The van der Waals surface area contributed by atoms with E-state index in [0.717, 1.165) is 25.7 Å². The number of hydrogen-bond acceptors (Lipinski definition) is 6. The van der Waals surface area contributed by atoms with Crippen molar-refractivity contribution in [3.63, 3.8) is 0 Å². The zero-order valence-electron chi connectivity index (χ0n) is 23.3. The second-order valence-corrected chi connectivity index (χ2v) is 10.1. The molecule has 0 N–H and O–H groups in total. The molecule has 6 nitrogen and oxygen atoms in total. The number of rotatable bonds is 9. The van der Waals surface area contributed by atoms with Gasteiger partial charge in [0.15, 0.2) is 23.0 Å². The molecule has 0 spiro atoms. The first-order valence-corrected chi connectivity index (χ1v) is 12.8. The number of aryl methyl sites for hydroxylation is 1. The van der Waals surface area contributed by atoms with Crippen molar-refractivity contribution in [3.05, 3.63) is 88.9 Å². The standard InChI is InChI=1S/C30H31F5N2O4/c1-16(14-38-5)22-18(3)36-27(37-28(22)40-15-19-10-8-7-9-11-19)26-23(17(2)29(4,41-26)30(33,34)35)20-12-13-21(31)24(32)25(20)39-6/h7-13,17,23,26H,1,14-15H2,2-6H3/t17-,23-,26+,29+/m0/s1. The predicted octanol–water partition coefficient (Wildman–Crippen LogP) is 7.12. The van der Waals surface area contributed by atoms with E-state index in [0.29, 0.717) is 16.8 Å². The van der Waals surface area contributed by atoms with Gasteiger partial charge in [-0.2, -0.15) is 22.5 Å². The lowest BCUT2D eigenvalue weighted by molar-refractivity contribution is -0.275.